The quantitative estimate of drug-likeness (QED) is 0.381. The highest BCUT2D eigenvalue weighted by Crippen LogP contribution is 2.25. The van der Waals surface area contributed by atoms with Crippen LogP contribution in [0.3, 0.4) is 0 Å². The van der Waals surface area contributed by atoms with Gasteiger partial charge in [-0.25, -0.2) is 10.4 Å². The second kappa shape index (κ2) is 7.74. The molecular formula is C23H19N3OS. The van der Waals surface area contributed by atoms with E-state index in [2.05, 4.69) is 10.5 Å². The third-order valence-electron chi connectivity index (χ3n) is 4.56. The number of carbonyl (C=O) groups is 1. The number of thiophene rings is 1. The Morgan fingerprint density at radius 1 is 1.07 bits per heavy atom. The summed E-state index contributed by atoms with van der Waals surface area (Å²) in [4.78, 5) is 18.6. The molecule has 0 aliphatic carbocycles. The van der Waals surface area contributed by atoms with E-state index < -0.39 is 0 Å². The molecule has 0 saturated heterocycles. The number of para-hydroxylation sites is 1. The predicted octanol–water partition coefficient (Wildman–Crippen LogP) is 5.34. The molecule has 2 heterocycles. The van der Waals surface area contributed by atoms with Crippen molar-refractivity contribution >= 4 is 34.4 Å². The van der Waals surface area contributed by atoms with Crippen LogP contribution in [0.4, 0.5) is 0 Å². The lowest BCUT2D eigenvalue weighted by atomic mass is 10.0. The van der Waals surface area contributed by atoms with Gasteiger partial charge in [0, 0.05) is 15.8 Å². The first-order valence-corrected chi connectivity index (χ1v) is 9.84. The predicted molar refractivity (Wildman–Crippen MR) is 116 cm³/mol. The largest absolute Gasteiger partial charge is 0.272 e. The van der Waals surface area contributed by atoms with Crippen molar-refractivity contribution in [2.75, 3.05) is 0 Å². The van der Waals surface area contributed by atoms with E-state index in [4.69, 9.17) is 4.98 Å². The van der Waals surface area contributed by atoms with E-state index in [1.807, 2.05) is 79.9 Å². The molecule has 0 radical (unpaired) electrons. The second-order valence-corrected chi connectivity index (χ2v) is 7.55. The SMILES string of the molecule is Cc1ccc(-c2cc(C(=O)N/N=C/c3sccc3C)c3ccccc3n2)cc1. The molecule has 0 aliphatic rings. The minimum atomic E-state index is -0.252. The number of aryl methyl sites for hydroxylation is 2. The first kappa shape index (κ1) is 18.1. The molecule has 2 aromatic carbocycles. The number of nitrogens with one attached hydrogen (secondary N) is 1. The van der Waals surface area contributed by atoms with Crippen molar-refractivity contribution in [3.63, 3.8) is 0 Å². The zero-order valence-corrected chi connectivity index (χ0v) is 16.5. The molecule has 28 heavy (non-hydrogen) atoms. The number of aromatic nitrogens is 1. The van der Waals surface area contributed by atoms with Crippen LogP contribution in [0.1, 0.15) is 26.4 Å². The van der Waals surface area contributed by atoms with Crippen molar-refractivity contribution in [2.45, 2.75) is 13.8 Å². The Labute approximate surface area is 167 Å². The summed E-state index contributed by atoms with van der Waals surface area (Å²) in [5, 5.41) is 6.94. The average molecular weight is 385 g/mol. The Hall–Kier alpha value is -3.31. The molecule has 4 nitrogen and oxygen atoms in total. The van der Waals surface area contributed by atoms with Crippen molar-refractivity contribution in [1.82, 2.24) is 10.4 Å². The number of pyridine rings is 1. The molecule has 138 valence electrons. The number of hydrogen-bond donors (Lipinski definition) is 1. The molecule has 0 atom stereocenters. The van der Waals surface area contributed by atoms with Gasteiger partial charge in [0.2, 0.25) is 0 Å². The third-order valence-corrected chi connectivity index (χ3v) is 5.51. The van der Waals surface area contributed by atoms with E-state index >= 15 is 0 Å². The number of nitrogens with zero attached hydrogens (tertiary/aromatic N) is 2. The number of rotatable bonds is 4. The zero-order valence-electron chi connectivity index (χ0n) is 15.6. The van der Waals surface area contributed by atoms with Gasteiger partial charge in [0.1, 0.15) is 0 Å². The van der Waals surface area contributed by atoms with Crippen LogP contribution in [0.15, 0.2) is 71.1 Å². The van der Waals surface area contributed by atoms with E-state index in [1.54, 1.807) is 17.6 Å². The van der Waals surface area contributed by atoms with Crippen molar-refractivity contribution in [3.05, 3.63) is 87.6 Å². The van der Waals surface area contributed by atoms with E-state index in [0.717, 1.165) is 32.6 Å². The van der Waals surface area contributed by atoms with Crippen LogP contribution in [0.25, 0.3) is 22.2 Å². The Morgan fingerprint density at radius 2 is 1.86 bits per heavy atom. The van der Waals surface area contributed by atoms with Crippen LogP contribution in [-0.2, 0) is 0 Å². The van der Waals surface area contributed by atoms with E-state index in [9.17, 15) is 4.79 Å². The van der Waals surface area contributed by atoms with Gasteiger partial charge in [-0.15, -0.1) is 11.3 Å². The summed E-state index contributed by atoms with van der Waals surface area (Å²) < 4.78 is 0. The van der Waals surface area contributed by atoms with Gasteiger partial charge < -0.3 is 0 Å². The lowest BCUT2D eigenvalue weighted by Crippen LogP contribution is -2.18. The maximum atomic E-state index is 12.9. The summed E-state index contributed by atoms with van der Waals surface area (Å²) in [6.45, 7) is 4.06. The van der Waals surface area contributed by atoms with Gasteiger partial charge >= 0.3 is 0 Å². The normalized spacial score (nSPS) is 11.2. The fraction of sp³-hybridized carbons (Fsp3) is 0.0870. The highest BCUT2D eigenvalue weighted by molar-refractivity contribution is 7.11. The number of amides is 1. The van der Waals surface area contributed by atoms with Crippen LogP contribution >= 0.6 is 11.3 Å². The fourth-order valence-electron chi connectivity index (χ4n) is 2.96. The Kier molecular flexibility index (Phi) is 5.00. The van der Waals surface area contributed by atoms with Crippen molar-refractivity contribution < 1.29 is 4.79 Å². The van der Waals surface area contributed by atoms with E-state index in [1.165, 1.54) is 5.56 Å². The minimum Gasteiger partial charge on any atom is -0.267 e. The third kappa shape index (κ3) is 3.70. The lowest BCUT2D eigenvalue weighted by molar-refractivity contribution is 0.0956. The number of benzene rings is 2. The molecule has 5 heteroatoms. The van der Waals surface area contributed by atoms with Crippen LogP contribution < -0.4 is 5.43 Å². The first-order chi connectivity index (χ1) is 13.6. The number of hydrogen-bond acceptors (Lipinski definition) is 4. The summed E-state index contributed by atoms with van der Waals surface area (Å²) in [5.74, 6) is -0.252. The number of hydrazone groups is 1. The topological polar surface area (TPSA) is 54.4 Å². The van der Waals surface area contributed by atoms with Crippen LogP contribution in [0.2, 0.25) is 0 Å². The molecule has 4 aromatic rings. The van der Waals surface area contributed by atoms with Crippen molar-refractivity contribution in [3.8, 4) is 11.3 Å². The molecule has 4 rings (SSSR count). The fourth-order valence-corrected chi connectivity index (χ4v) is 3.75. The first-order valence-electron chi connectivity index (χ1n) is 8.96. The molecule has 1 N–H and O–H groups in total. The molecule has 0 bridgehead atoms. The second-order valence-electron chi connectivity index (χ2n) is 6.61. The van der Waals surface area contributed by atoms with E-state index in [-0.39, 0.29) is 5.91 Å². The zero-order chi connectivity index (χ0) is 19.5. The van der Waals surface area contributed by atoms with E-state index in [0.29, 0.717) is 5.56 Å². The number of carbonyl (C=O) groups excluding carboxylic acids is 1. The summed E-state index contributed by atoms with van der Waals surface area (Å²) in [6.07, 6.45) is 1.68. The van der Waals surface area contributed by atoms with Gasteiger partial charge in [0.25, 0.3) is 5.91 Å². The lowest BCUT2D eigenvalue weighted by Gasteiger charge is -2.09. The molecule has 0 saturated carbocycles. The minimum absolute atomic E-state index is 0.252. The van der Waals surface area contributed by atoms with Gasteiger partial charge in [0.15, 0.2) is 0 Å². The van der Waals surface area contributed by atoms with Crippen molar-refractivity contribution in [2.24, 2.45) is 5.10 Å². The monoisotopic (exact) mass is 385 g/mol. The van der Waals surface area contributed by atoms with Gasteiger partial charge in [-0.2, -0.15) is 5.10 Å². The van der Waals surface area contributed by atoms with Crippen molar-refractivity contribution in [1.29, 1.82) is 0 Å². The Morgan fingerprint density at radius 3 is 2.61 bits per heavy atom. The van der Waals surface area contributed by atoms with Crippen LogP contribution in [0, 0.1) is 13.8 Å². The molecule has 0 spiro atoms. The highest BCUT2D eigenvalue weighted by atomic mass is 32.1. The Balaban J connectivity index is 1.70. The molecule has 1 amide bonds. The maximum Gasteiger partial charge on any atom is 0.272 e. The highest BCUT2D eigenvalue weighted by Gasteiger charge is 2.13. The maximum absolute atomic E-state index is 12.9. The molecule has 0 aliphatic heterocycles. The Bertz CT molecular complexity index is 1180. The summed E-state index contributed by atoms with van der Waals surface area (Å²) >= 11 is 1.59. The summed E-state index contributed by atoms with van der Waals surface area (Å²) in [5.41, 5.74) is 8.05. The van der Waals surface area contributed by atoms with Gasteiger partial charge in [-0.05, 0) is 43.0 Å². The molecular weight excluding hydrogens is 366 g/mol. The van der Waals surface area contributed by atoms with Gasteiger partial charge in [-0.1, -0.05) is 48.0 Å². The van der Waals surface area contributed by atoms with Gasteiger partial charge in [0.05, 0.1) is 23.0 Å². The molecule has 0 unspecified atom stereocenters. The van der Waals surface area contributed by atoms with Crippen LogP contribution in [-0.4, -0.2) is 17.1 Å². The smallest absolute Gasteiger partial charge is 0.267 e. The average Bonchev–Trinajstić information content (AvgIpc) is 3.12. The van der Waals surface area contributed by atoms with Gasteiger partial charge in [-0.3, -0.25) is 4.79 Å². The number of fused-ring (bicyclic) bond motifs is 1. The molecule has 0 fully saturated rings. The summed E-state index contributed by atoms with van der Waals surface area (Å²) in [6, 6.07) is 19.6. The summed E-state index contributed by atoms with van der Waals surface area (Å²) in [7, 11) is 0. The molecule has 2 aromatic heterocycles. The standard InChI is InChI=1S/C23H19N3OS/c1-15-7-9-17(10-8-15)21-13-19(18-5-3-4-6-20(18)25-21)23(27)26-24-14-22-16(2)11-12-28-22/h3-14H,1-2H3,(H,26,27)/b24-14+. The van der Waals surface area contributed by atoms with Crippen LogP contribution in [0.5, 0.6) is 0 Å².